The van der Waals surface area contributed by atoms with Gasteiger partial charge in [-0.1, -0.05) is 19.9 Å². The summed E-state index contributed by atoms with van der Waals surface area (Å²) in [6, 6.07) is 5.49. The van der Waals surface area contributed by atoms with E-state index < -0.39 is 28.0 Å². The molecule has 0 radical (unpaired) electrons. The molecule has 1 amide bonds. The van der Waals surface area contributed by atoms with Crippen molar-refractivity contribution in [1.82, 2.24) is 4.31 Å². The third-order valence-corrected chi connectivity index (χ3v) is 5.14. The third-order valence-electron chi connectivity index (χ3n) is 3.10. The van der Waals surface area contributed by atoms with Gasteiger partial charge in [-0.2, -0.15) is 4.31 Å². The summed E-state index contributed by atoms with van der Waals surface area (Å²) in [5, 5.41) is 0. The molecule has 0 aliphatic rings. The predicted molar refractivity (Wildman–Crippen MR) is 80.6 cm³/mol. The Morgan fingerprint density at radius 1 is 1.27 bits per heavy atom. The number of rotatable bonds is 7. The zero-order chi connectivity index (χ0) is 16.9. The first kappa shape index (κ1) is 18.1. The highest BCUT2D eigenvalue weighted by molar-refractivity contribution is 7.89. The van der Waals surface area contributed by atoms with Crippen LogP contribution in [0.5, 0.6) is 0 Å². The van der Waals surface area contributed by atoms with Crippen LogP contribution in [0.3, 0.4) is 0 Å². The van der Waals surface area contributed by atoms with Gasteiger partial charge in [-0.05, 0) is 25.1 Å². The maximum atomic E-state index is 12.4. The van der Waals surface area contributed by atoms with Gasteiger partial charge in [-0.25, -0.2) is 13.2 Å². The van der Waals surface area contributed by atoms with Gasteiger partial charge in [0, 0.05) is 13.1 Å². The zero-order valence-corrected chi connectivity index (χ0v) is 13.6. The summed E-state index contributed by atoms with van der Waals surface area (Å²) in [5.74, 6) is -1.58. The molecule has 0 spiro atoms. The fourth-order valence-corrected chi connectivity index (χ4v) is 3.29. The van der Waals surface area contributed by atoms with Crippen molar-refractivity contribution in [3.05, 3.63) is 29.8 Å². The maximum Gasteiger partial charge on any atom is 0.338 e. The highest BCUT2D eigenvalue weighted by Crippen LogP contribution is 2.17. The van der Waals surface area contributed by atoms with E-state index in [2.05, 4.69) is 0 Å². The number of hydrogen-bond acceptors (Lipinski definition) is 5. The second kappa shape index (κ2) is 7.37. The quantitative estimate of drug-likeness (QED) is 0.743. The molecular formula is C14H20N2O5S. The summed E-state index contributed by atoms with van der Waals surface area (Å²) in [7, 11) is -3.67. The van der Waals surface area contributed by atoms with Gasteiger partial charge in [0.1, 0.15) is 0 Å². The van der Waals surface area contributed by atoms with Crippen molar-refractivity contribution in [2.24, 2.45) is 5.73 Å². The number of sulfonamides is 1. The number of hydrogen-bond donors (Lipinski definition) is 1. The van der Waals surface area contributed by atoms with E-state index in [1.807, 2.05) is 0 Å². The second-order valence-corrected chi connectivity index (χ2v) is 6.51. The van der Waals surface area contributed by atoms with Crippen LogP contribution in [0.2, 0.25) is 0 Å². The lowest BCUT2D eigenvalue weighted by Gasteiger charge is -2.18. The van der Waals surface area contributed by atoms with Gasteiger partial charge in [0.05, 0.1) is 10.5 Å². The summed E-state index contributed by atoms with van der Waals surface area (Å²) >= 11 is 0. The number of carbonyl (C=O) groups excluding carboxylic acids is 2. The first-order valence-corrected chi connectivity index (χ1v) is 8.28. The van der Waals surface area contributed by atoms with Crippen molar-refractivity contribution in [2.75, 3.05) is 13.1 Å². The lowest BCUT2D eigenvalue weighted by atomic mass is 10.2. The molecule has 1 rings (SSSR count). The lowest BCUT2D eigenvalue weighted by Crippen LogP contribution is -2.31. The van der Waals surface area contributed by atoms with Crippen LogP contribution in [-0.4, -0.2) is 43.8 Å². The maximum absolute atomic E-state index is 12.4. The summed E-state index contributed by atoms with van der Waals surface area (Å²) in [4.78, 5) is 22.8. The molecule has 1 aromatic carbocycles. The largest absolute Gasteiger partial charge is 0.449 e. The van der Waals surface area contributed by atoms with Crippen molar-refractivity contribution >= 4 is 21.9 Å². The van der Waals surface area contributed by atoms with Crippen LogP contribution in [0, 0.1) is 0 Å². The number of carbonyl (C=O) groups is 2. The number of amides is 1. The molecular weight excluding hydrogens is 308 g/mol. The van der Waals surface area contributed by atoms with E-state index >= 15 is 0 Å². The first-order valence-electron chi connectivity index (χ1n) is 6.84. The van der Waals surface area contributed by atoms with Crippen LogP contribution in [0.25, 0.3) is 0 Å². The Morgan fingerprint density at radius 2 is 1.86 bits per heavy atom. The number of esters is 1. The average molecular weight is 328 g/mol. The van der Waals surface area contributed by atoms with Gasteiger partial charge in [0.15, 0.2) is 6.10 Å². The minimum atomic E-state index is -3.67. The molecule has 0 aromatic heterocycles. The highest BCUT2D eigenvalue weighted by atomic mass is 32.2. The molecule has 0 fully saturated rings. The van der Waals surface area contributed by atoms with Crippen molar-refractivity contribution in [3.8, 4) is 0 Å². The molecule has 0 aliphatic carbocycles. The Hall–Kier alpha value is -1.93. The van der Waals surface area contributed by atoms with Gasteiger partial charge in [0.25, 0.3) is 5.91 Å². The molecule has 1 atom stereocenters. The Balaban J connectivity index is 3.09. The van der Waals surface area contributed by atoms with E-state index in [0.29, 0.717) is 13.1 Å². The predicted octanol–water partition coefficient (Wildman–Crippen LogP) is 0.748. The van der Waals surface area contributed by atoms with Crippen molar-refractivity contribution in [1.29, 1.82) is 0 Å². The third kappa shape index (κ3) is 4.05. The zero-order valence-electron chi connectivity index (χ0n) is 12.8. The monoisotopic (exact) mass is 328 g/mol. The standard InChI is InChI=1S/C14H20N2O5S/c1-4-16(5-2)22(19,20)12-8-6-7-11(9-12)14(18)21-10(3)13(15)17/h6-10H,4-5H2,1-3H3,(H2,15,17)/t10-/m0/s1. The van der Waals surface area contributed by atoms with Crippen LogP contribution in [0.15, 0.2) is 29.2 Å². The fraction of sp³-hybridized carbons (Fsp3) is 0.429. The molecule has 0 saturated heterocycles. The van der Waals surface area contributed by atoms with Crippen LogP contribution in [-0.2, 0) is 19.6 Å². The Labute approximate surface area is 130 Å². The van der Waals surface area contributed by atoms with E-state index in [-0.39, 0.29) is 10.5 Å². The number of primary amides is 1. The number of benzene rings is 1. The highest BCUT2D eigenvalue weighted by Gasteiger charge is 2.23. The first-order chi connectivity index (χ1) is 10.2. The Morgan fingerprint density at radius 3 is 2.36 bits per heavy atom. The van der Waals surface area contributed by atoms with Crippen LogP contribution in [0.4, 0.5) is 0 Å². The molecule has 2 N–H and O–H groups in total. The summed E-state index contributed by atoms with van der Waals surface area (Å²) < 4.78 is 30.9. The second-order valence-electron chi connectivity index (χ2n) is 4.57. The summed E-state index contributed by atoms with van der Waals surface area (Å²) in [5.41, 5.74) is 5.06. The van der Waals surface area contributed by atoms with E-state index in [0.717, 1.165) is 0 Å². The molecule has 0 aliphatic heterocycles. The normalized spacial score (nSPS) is 12.9. The number of nitrogens with two attached hydrogens (primary N) is 1. The smallest absolute Gasteiger partial charge is 0.338 e. The Bertz CT molecular complexity index is 653. The van der Waals surface area contributed by atoms with Crippen LogP contribution in [0.1, 0.15) is 31.1 Å². The van der Waals surface area contributed by atoms with E-state index in [1.165, 1.54) is 35.5 Å². The van der Waals surface area contributed by atoms with Gasteiger partial charge in [0.2, 0.25) is 10.0 Å². The minimum absolute atomic E-state index is 0.00243. The average Bonchev–Trinajstić information content (AvgIpc) is 2.48. The van der Waals surface area contributed by atoms with Gasteiger partial charge in [-0.15, -0.1) is 0 Å². The van der Waals surface area contributed by atoms with Crippen LogP contribution >= 0.6 is 0 Å². The summed E-state index contributed by atoms with van der Waals surface area (Å²) in [6.45, 7) is 5.45. The van der Waals surface area contributed by atoms with Gasteiger partial charge in [-0.3, -0.25) is 4.79 Å². The molecule has 0 unspecified atom stereocenters. The number of ether oxygens (including phenoxy) is 1. The molecule has 8 heteroatoms. The van der Waals surface area contributed by atoms with Crippen molar-refractivity contribution in [3.63, 3.8) is 0 Å². The molecule has 0 heterocycles. The Kier molecular flexibility index (Phi) is 6.07. The molecule has 7 nitrogen and oxygen atoms in total. The van der Waals surface area contributed by atoms with Crippen molar-refractivity contribution < 1.29 is 22.7 Å². The fourth-order valence-electron chi connectivity index (χ4n) is 1.78. The molecule has 22 heavy (non-hydrogen) atoms. The molecule has 1 aromatic rings. The van der Waals surface area contributed by atoms with E-state index in [1.54, 1.807) is 13.8 Å². The topological polar surface area (TPSA) is 107 Å². The van der Waals surface area contributed by atoms with Crippen LogP contribution < -0.4 is 5.73 Å². The van der Waals surface area contributed by atoms with Gasteiger partial charge >= 0.3 is 5.97 Å². The molecule has 0 saturated carbocycles. The molecule has 0 bridgehead atoms. The van der Waals surface area contributed by atoms with Crippen molar-refractivity contribution in [2.45, 2.75) is 31.8 Å². The molecule has 122 valence electrons. The minimum Gasteiger partial charge on any atom is -0.449 e. The SMILES string of the molecule is CCN(CC)S(=O)(=O)c1cccc(C(=O)O[C@@H](C)C(N)=O)c1. The van der Waals surface area contributed by atoms with Gasteiger partial charge < -0.3 is 10.5 Å². The van der Waals surface area contributed by atoms with E-state index in [9.17, 15) is 18.0 Å². The number of nitrogens with zero attached hydrogens (tertiary/aromatic N) is 1. The lowest BCUT2D eigenvalue weighted by molar-refractivity contribution is -0.125. The summed E-state index contributed by atoms with van der Waals surface area (Å²) in [6.07, 6.45) is -1.09. The van der Waals surface area contributed by atoms with E-state index in [4.69, 9.17) is 10.5 Å².